The molecule has 5 rings (SSSR count). The van der Waals surface area contributed by atoms with Gasteiger partial charge in [-0.15, -0.1) is 0 Å². The van der Waals surface area contributed by atoms with Crippen molar-refractivity contribution in [1.29, 1.82) is 0 Å². The van der Waals surface area contributed by atoms with Crippen molar-refractivity contribution in [2.75, 3.05) is 23.3 Å². The van der Waals surface area contributed by atoms with E-state index in [9.17, 15) is 17.6 Å². The van der Waals surface area contributed by atoms with Crippen molar-refractivity contribution < 1.29 is 27.1 Å². The van der Waals surface area contributed by atoms with Gasteiger partial charge in [0.25, 0.3) is 15.9 Å². The van der Waals surface area contributed by atoms with Gasteiger partial charge in [-0.05, 0) is 36.4 Å². The predicted octanol–water partition coefficient (Wildman–Crippen LogP) is 4.26. The zero-order chi connectivity index (χ0) is 23.0. The number of fused-ring (bicyclic) bond motifs is 2. The molecule has 0 aliphatic carbocycles. The number of benzene rings is 3. The van der Waals surface area contributed by atoms with E-state index in [1.165, 1.54) is 53.8 Å². The van der Waals surface area contributed by atoms with Gasteiger partial charge in [0.2, 0.25) is 0 Å². The summed E-state index contributed by atoms with van der Waals surface area (Å²) in [6.07, 6.45) is 0. The first-order valence-electron chi connectivity index (χ1n) is 9.78. The number of hydrogen-bond donors (Lipinski definition) is 2. The second kappa shape index (κ2) is 8.34. The average molecular weight is 486 g/mol. The molecule has 0 saturated carbocycles. The molecule has 1 aliphatic heterocycles. The number of carbonyl (C=O) groups excluding carboxylic acids is 1. The van der Waals surface area contributed by atoms with Crippen LogP contribution < -0.4 is 19.5 Å². The minimum atomic E-state index is -4.02. The Morgan fingerprint density at radius 2 is 1.70 bits per heavy atom. The van der Waals surface area contributed by atoms with Crippen LogP contribution in [0.15, 0.2) is 65.6 Å². The first-order chi connectivity index (χ1) is 15.9. The van der Waals surface area contributed by atoms with Crippen molar-refractivity contribution in [2.45, 2.75) is 4.90 Å². The van der Waals surface area contributed by atoms with Crippen molar-refractivity contribution in [3.05, 3.63) is 72.0 Å². The number of sulfonamides is 1. The van der Waals surface area contributed by atoms with E-state index < -0.39 is 21.7 Å². The van der Waals surface area contributed by atoms with Crippen LogP contribution in [-0.2, 0) is 10.0 Å². The highest BCUT2D eigenvalue weighted by atomic mass is 32.2. The molecule has 1 amide bonds. The summed E-state index contributed by atoms with van der Waals surface area (Å²) in [5.41, 5.74) is 0.748. The Morgan fingerprint density at radius 3 is 2.42 bits per heavy atom. The van der Waals surface area contributed by atoms with Gasteiger partial charge in [0.15, 0.2) is 16.6 Å². The number of rotatable bonds is 5. The molecule has 2 heterocycles. The van der Waals surface area contributed by atoms with Gasteiger partial charge < -0.3 is 9.47 Å². The van der Waals surface area contributed by atoms with Crippen molar-refractivity contribution >= 4 is 48.3 Å². The van der Waals surface area contributed by atoms with Gasteiger partial charge in [-0.2, -0.15) is 0 Å². The van der Waals surface area contributed by atoms with Gasteiger partial charge in [0.1, 0.15) is 19.0 Å². The zero-order valence-corrected chi connectivity index (χ0v) is 18.5. The molecule has 4 aromatic rings. The molecule has 0 fully saturated rings. The summed E-state index contributed by atoms with van der Waals surface area (Å²) in [6.45, 7) is 0.941. The highest BCUT2D eigenvalue weighted by Crippen LogP contribution is 2.37. The maximum Gasteiger partial charge on any atom is 0.261 e. The Labute approximate surface area is 192 Å². The van der Waals surface area contributed by atoms with Gasteiger partial charge in [0.05, 0.1) is 20.8 Å². The van der Waals surface area contributed by atoms with E-state index in [0.29, 0.717) is 35.4 Å². The van der Waals surface area contributed by atoms with Crippen LogP contribution in [0, 0.1) is 5.82 Å². The molecule has 33 heavy (non-hydrogen) atoms. The number of ether oxygens (including phenoxy) is 2. The van der Waals surface area contributed by atoms with Crippen LogP contribution in [0.2, 0.25) is 0 Å². The van der Waals surface area contributed by atoms with Crippen LogP contribution in [0.3, 0.4) is 0 Å². The fraction of sp³-hybridized carbons (Fsp3) is 0.0909. The summed E-state index contributed by atoms with van der Waals surface area (Å²) in [5, 5.41) is 3.10. The molecule has 2 N–H and O–H groups in total. The lowest BCUT2D eigenvalue weighted by molar-refractivity contribution is 0.102. The van der Waals surface area contributed by atoms with Crippen LogP contribution in [0.1, 0.15) is 10.4 Å². The highest BCUT2D eigenvalue weighted by molar-refractivity contribution is 7.92. The molecule has 11 heteroatoms. The van der Waals surface area contributed by atoms with E-state index >= 15 is 0 Å². The van der Waals surface area contributed by atoms with Crippen molar-refractivity contribution in [3.63, 3.8) is 0 Å². The molecule has 8 nitrogen and oxygen atoms in total. The van der Waals surface area contributed by atoms with Crippen LogP contribution in [0.25, 0.3) is 10.2 Å². The molecule has 0 bridgehead atoms. The van der Waals surface area contributed by atoms with Crippen LogP contribution in [0.5, 0.6) is 11.5 Å². The summed E-state index contributed by atoms with van der Waals surface area (Å²) in [4.78, 5) is 16.9. The first-order valence-corrected chi connectivity index (χ1v) is 12.1. The van der Waals surface area contributed by atoms with Gasteiger partial charge in [-0.3, -0.25) is 14.8 Å². The van der Waals surface area contributed by atoms with Gasteiger partial charge in [0, 0.05) is 17.7 Å². The lowest BCUT2D eigenvalue weighted by atomic mass is 10.2. The molecule has 0 spiro atoms. The molecule has 168 valence electrons. The standard InChI is InChI=1S/C22H16FN3O5S2/c23-15-3-1-2-4-16(15)26-33(28,29)14-7-5-13(6-8-14)21(27)25-22-24-17-11-18-19(12-20(17)32-22)31-10-9-30-18/h1-8,11-12,26H,9-10H2,(H,24,25,27). The lowest BCUT2D eigenvalue weighted by Gasteiger charge is -2.17. The molecular weight excluding hydrogens is 469 g/mol. The quantitative estimate of drug-likeness (QED) is 0.438. The third-order valence-corrected chi connectivity index (χ3v) is 7.13. The number of para-hydroxylation sites is 1. The Kier molecular flexibility index (Phi) is 5.35. The van der Waals surface area contributed by atoms with Crippen molar-refractivity contribution in [3.8, 4) is 11.5 Å². The third kappa shape index (κ3) is 4.32. The fourth-order valence-corrected chi connectivity index (χ4v) is 5.16. The first kappa shape index (κ1) is 21.2. The van der Waals surface area contributed by atoms with E-state index in [0.717, 1.165) is 10.8 Å². The minimum Gasteiger partial charge on any atom is -0.486 e. The van der Waals surface area contributed by atoms with Crippen molar-refractivity contribution in [1.82, 2.24) is 4.98 Å². The molecule has 3 aromatic carbocycles. The average Bonchev–Trinajstić information content (AvgIpc) is 3.19. The summed E-state index contributed by atoms with van der Waals surface area (Å²) in [7, 11) is -4.02. The number of halogens is 1. The summed E-state index contributed by atoms with van der Waals surface area (Å²) in [5.74, 6) is 0.109. The molecular formula is C22H16FN3O5S2. The van der Waals surface area contributed by atoms with E-state index in [1.54, 1.807) is 6.07 Å². The number of anilines is 2. The second-order valence-electron chi connectivity index (χ2n) is 7.05. The summed E-state index contributed by atoms with van der Waals surface area (Å²) in [6, 6.07) is 14.3. The Hall–Kier alpha value is -3.70. The molecule has 0 atom stereocenters. The summed E-state index contributed by atoms with van der Waals surface area (Å²) >= 11 is 1.28. The van der Waals surface area contributed by atoms with Crippen LogP contribution >= 0.6 is 11.3 Å². The number of hydrogen-bond acceptors (Lipinski definition) is 7. The maximum atomic E-state index is 13.8. The van der Waals surface area contributed by atoms with Gasteiger partial charge >= 0.3 is 0 Å². The number of nitrogens with one attached hydrogen (secondary N) is 2. The van der Waals surface area contributed by atoms with Crippen LogP contribution in [0.4, 0.5) is 15.2 Å². The molecule has 0 saturated heterocycles. The maximum absolute atomic E-state index is 13.8. The van der Waals surface area contributed by atoms with Gasteiger partial charge in [-0.25, -0.2) is 17.8 Å². The van der Waals surface area contributed by atoms with Crippen molar-refractivity contribution in [2.24, 2.45) is 0 Å². The lowest BCUT2D eigenvalue weighted by Crippen LogP contribution is -2.15. The van der Waals surface area contributed by atoms with E-state index in [1.807, 2.05) is 6.07 Å². The fourth-order valence-electron chi connectivity index (χ4n) is 3.22. The topological polar surface area (TPSA) is 107 Å². The van der Waals surface area contributed by atoms with Crippen LogP contribution in [-0.4, -0.2) is 32.5 Å². The summed E-state index contributed by atoms with van der Waals surface area (Å²) < 4.78 is 53.0. The Morgan fingerprint density at radius 1 is 1.00 bits per heavy atom. The smallest absolute Gasteiger partial charge is 0.261 e. The Balaban J connectivity index is 1.32. The van der Waals surface area contributed by atoms with E-state index in [2.05, 4.69) is 15.0 Å². The second-order valence-corrected chi connectivity index (χ2v) is 9.76. The normalized spacial score (nSPS) is 13.0. The number of nitrogens with zero attached hydrogens (tertiary/aromatic N) is 1. The highest BCUT2D eigenvalue weighted by Gasteiger charge is 2.19. The number of thiazole rings is 1. The molecule has 1 aromatic heterocycles. The number of carbonyl (C=O) groups is 1. The number of aromatic nitrogens is 1. The monoisotopic (exact) mass is 485 g/mol. The van der Waals surface area contributed by atoms with E-state index in [4.69, 9.17) is 9.47 Å². The predicted molar refractivity (Wildman–Crippen MR) is 122 cm³/mol. The zero-order valence-electron chi connectivity index (χ0n) is 16.9. The van der Waals surface area contributed by atoms with Gasteiger partial charge in [-0.1, -0.05) is 23.5 Å². The third-order valence-electron chi connectivity index (χ3n) is 4.82. The SMILES string of the molecule is O=C(Nc1nc2cc3c(cc2s1)OCCO3)c1ccc(S(=O)(=O)Nc2ccccc2F)cc1. The molecule has 1 aliphatic rings. The largest absolute Gasteiger partial charge is 0.486 e. The van der Waals surface area contributed by atoms with E-state index in [-0.39, 0.29) is 16.1 Å². The molecule has 0 unspecified atom stereocenters. The molecule has 0 radical (unpaired) electrons. The minimum absolute atomic E-state index is 0.104. The Bertz CT molecular complexity index is 1430. The number of amides is 1.